The van der Waals surface area contributed by atoms with Gasteiger partial charge in [-0.25, -0.2) is 4.39 Å². The zero-order valence-electron chi connectivity index (χ0n) is 9.70. The molecule has 1 heterocycles. The molecule has 88 valence electrons. The first-order chi connectivity index (χ1) is 7.66. The van der Waals surface area contributed by atoms with Gasteiger partial charge in [0.15, 0.2) is 0 Å². The van der Waals surface area contributed by atoms with Crippen LogP contribution in [0, 0.1) is 5.82 Å². The first kappa shape index (κ1) is 11.6. The second-order valence-electron chi connectivity index (χ2n) is 4.70. The zero-order valence-corrected chi connectivity index (χ0v) is 9.70. The molecule has 3 heteroatoms. The molecule has 1 aromatic rings. The van der Waals surface area contributed by atoms with Crippen molar-refractivity contribution in [2.75, 3.05) is 20.1 Å². The van der Waals surface area contributed by atoms with E-state index in [1.54, 1.807) is 0 Å². The van der Waals surface area contributed by atoms with Gasteiger partial charge in [0.2, 0.25) is 0 Å². The highest BCUT2D eigenvalue weighted by Gasteiger charge is 2.23. The third-order valence-corrected chi connectivity index (χ3v) is 3.48. The molecule has 0 bridgehead atoms. The highest BCUT2D eigenvalue weighted by atomic mass is 19.1. The molecule has 0 aromatic heterocycles. The van der Waals surface area contributed by atoms with E-state index in [0.717, 1.165) is 25.9 Å². The largest absolute Gasteiger partial charge is 0.327 e. The van der Waals surface area contributed by atoms with E-state index in [-0.39, 0.29) is 11.9 Å². The summed E-state index contributed by atoms with van der Waals surface area (Å²) in [6, 6.07) is 6.97. The van der Waals surface area contributed by atoms with Crippen LogP contribution in [-0.2, 0) is 0 Å². The van der Waals surface area contributed by atoms with Gasteiger partial charge in [0.25, 0.3) is 0 Å². The summed E-state index contributed by atoms with van der Waals surface area (Å²) in [5, 5.41) is 0. The number of likely N-dealkylation sites (tertiary alicyclic amines) is 1. The molecule has 0 saturated carbocycles. The summed E-state index contributed by atoms with van der Waals surface area (Å²) in [6.07, 6.45) is 2.07. The Morgan fingerprint density at radius 3 is 2.50 bits per heavy atom. The van der Waals surface area contributed by atoms with E-state index in [9.17, 15) is 4.39 Å². The van der Waals surface area contributed by atoms with E-state index >= 15 is 0 Å². The second kappa shape index (κ2) is 4.93. The van der Waals surface area contributed by atoms with Gasteiger partial charge in [-0.2, -0.15) is 0 Å². The zero-order chi connectivity index (χ0) is 11.5. The quantitative estimate of drug-likeness (QED) is 0.787. The second-order valence-corrected chi connectivity index (χ2v) is 4.70. The van der Waals surface area contributed by atoms with Crippen LogP contribution in [0.3, 0.4) is 0 Å². The molecule has 1 fully saturated rings. The molecule has 2 N–H and O–H groups in total. The Hall–Kier alpha value is -0.930. The Bertz CT molecular complexity index is 336. The maximum Gasteiger partial charge on any atom is 0.123 e. The van der Waals surface area contributed by atoms with Gasteiger partial charge >= 0.3 is 0 Å². The Labute approximate surface area is 96.2 Å². The van der Waals surface area contributed by atoms with Crippen LogP contribution >= 0.6 is 0 Å². The van der Waals surface area contributed by atoms with Crippen molar-refractivity contribution in [1.82, 2.24) is 4.90 Å². The van der Waals surface area contributed by atoms with Crippen molar-refractivity contribution in [2.24, 2.45) is 5.73 Å². The molecular formula is C13H19FN2. The SMILES string of the molecule is CN1CCC(N)C(c2ccc(F)cc2)CC1. The molecule has 0 amide bonds. The Morgan fingerprint density at radius 1 is 1.19 bits per heavy atom. The summed E-state index contributed by atoms with van der Waals surface area (Å²) in [5.74, 6) is 0.189. The van der Waals surface area contributed by atoms with Crippen molar-refractivity contribution in [2.45, 2.75) is 24.8 Å². The number of nitrogens with zero attached hydrogens (tertiary/aromatic N) is 1. The minimum absolute atomic E-state index is 0.178. The molecular weight excluding hydrogens is 203 g/mol. The van der Waals surface area contributed by atoms with Crippen LogP contribution in [0.1, 0.15) is 24.3 Å². The summed E-state index contributed by atoms with van der Waals surface area (Å²) in [4.78, 5) is 2.31. The van der Waals surface area contributed by atoms with E-state index in [4.69, 9.17) is 5.73 Å². The highest BCUT2D eigenvalue weighted by molar-refractivity contribution is 5.22. The predicted octanol–water partition coefficient (Wildman–Crippen LogP) is 1.96. The fourth-order valence-corrected chi connectivity index (χ4v) is 2.38. The molecule has 2 nitrogen and oxygen atoms in total. The van der Waals surface area contributed by atoms with Crippen LogP contribution in [0.5, 0.6) is 0 Å². The predicted molar refractivity (Wildman–Crippen MR) is 63.8 cm³/mol. The lowest BCUT2D eigenvalue weighted by Crippen LogP contribution is -2.28. The van der Waals surface area contributed by atoms with E-state index < -0.39 is 0 Å². The number of halogens is 1. The fourth-order valence-electron chi connectivity index (χ4n) is 2.38. The van der Waals surface area contributed by atoms with Gasteiger partial charge in [-0.1, -0.05) is 12.1 Å². The Morgan fingerprint density at radius 2 is 1.81 bits per heavy atom. The molecule has 1 aliphatic rings. The summed E-state index contributed by atoms with van der Waals surface area (Å²) in [5.41, 5.74) is 7.36. The lowest BCUT2D eigenvalue weighted by molar-refractivity contribution is 0.346. The average Bonchev–Trinajstić information content (AvgIpc) is 2.44. The molecule has 2 unspecified atom stereocenters. The molecule has 0 spiro atoms. The first-order valence-electron chi connectivity index (χ1n) is 5.86. The molecule has 16 heavy (non-hydrogen) atoms. The highest BCUT2D eigenvalue weighted by Crippen LogP contribution is 2.27. The van der Waals surface area contributed by atoms with Crippen LogP contribution in [0.25, 0.3) is 0 Å². The van der Waals surface area contributed by atoms with Gasteiger partial charge in [0, 0.05) is 12.0 Å². The summed E-state index contributed by atoms with van der Waals surface area (Å²) in [7, 11) is 2.12. The van der Waals surface area contributed by atoms with Gasteiger partial charge < -0.3 is 10.6 Å². The minimum Gasteiger partial charge on any atom is -0.327 e. The third-order valence-electron chi connectivity index (χ3n) is 3.48. The van der Waals surface area contributed by atoms with Gasteiger partial charge in [-0.05, 0) is 50.7 Å². The molecule has 1 aliphatic heterocycles. The molecule has 1 aromatic carbocycles. The summed E-state index contributed by atoms with van der Waals surface area (Å²) >= 11 is 0. The van der Waals surface area contributed by atoms with Gasteiger partial charge in [0.05, 0.1) is 0 Å². The van der Waals surface area contributed by atoms with Crippen LogP contribution in [-0.4, -0.2) is 31.1 Å². The summed E-state index contributed by atoms with van der Waals surface area (Å²) < 4.78 is 12.9. The number of hydrogen-bond donors (Lipinski definition) is 1. The van der Waals surface area contributed by atoms with Crippen LogP contribution in [0.4, 0.5) is 4.39 Å². The smallest absolute Gasteiger partial charge is 0.123 e. The standard InChI is InChI=1S/C13H19FN2/c1-16-8-6-12(13(15)7-9-16)10-2-4-11(14)5-3-10/h2-5,12-13H,6-9,15H2,1H3. The normalized spacial score (nSPS) is 27.7. The van der Waals surface area contributed by atoms with Gasteiger partial charge in [0.1, 0.15) is 5.82 Å². The van der Waals surface area contributed by atoms with Crippen molar-refractivity contribution < 1.29 is 4.39 Å². The lowest BCUT2D eigenvalue weighted by atomic mass is 9.88. The maximum atomic E-state index is 12.9. The number of benzene rings is 1. The first-order valence-corrected chi connectivity index (χ1v) is 5.86. The van der Waals surface area contributed by atoms with Crippen molar-refractivity contribution in [3.05, 3.63) is 35.6 Å². The summed E-state index contributed by atoms with van der Waals surface area (Å²) in [6.45, 7) is 2.12. The monoisotopic (exact) mass is 222 g/mol. The molecule has 1 saturated heterocycles. The Kier molecular flexibility index (Phi) is 3.56. The molecule has 0 radical (unpaired) electrons. The Balaban J connectivity index is 2.15. The lowest BCUT2D eigenvalue weighted by Gasteiger charge is -2.21. The molecule has 2 atom stereocenters. The van der Waals surface area contributed by atoms with E-state index in [0.29, 0.717) is 5.92 Å². The van der Waals surface area contributed by atoms with Crippen molar-refractivity contribution in [3.63, 3.8) is 0 Å². The maximum absolute atomic E-state index is 12.9. The van der Waals surface area contributed by atoms with Crippen LogP contribution < -0.4 is 5.73 Å². The number of rotatable bonds is 1. The van der Waals surface area contributed by atoms with Crippen molar-refractivity contribution >= 4 is 0 Å². The van der Waals surface area contributed by atoms with Gasteiger partial charge in [-0.3, -0.25) is 0 Å². The average molecular weight is 222 g/mol. The third kappa shape index (κ3) is 2.60. The van der Waals surface area contributed by atoms with Crippen LogP contribution in [0.15, 0.2) is 24.3 Å². The van der Waals surface area contributed by atoms with E-state index in [1.807, 2.05) is 12.1 Å². The fraction of sp³-hybridized carbons (Fsp3) is 0.538. The van der Waals surface area contributed by atoms with Crippen molar-refractivity contribution in [3.8, 4) is 0 Å². The molecule has 2 rings (SSSR count). The topological polar surface area (TPSA) is 29.3 Å². The molecule has 0 aliphatic carbocycles. The van der Waals surface area contributed by atoms with E-state index in [1.165, 1.54) is 17.7 Å². The van der Waals surface area contributed by atoms with Crippen LogP contribution in [0.2, 0.25) is 0 Å². The minimum atomic E-state index is -0.178. The number of hydrogen-bond acceptors (Lipinski definition) is 2. The van der Waals surface area contributed by atoms with Crippen molar-refractivity contribution in [1.29, 1.82) is 0 Å². The van der Waals surface area contributed by atoms with E-state index in [2.05, 4.69) is 11.9 Å². The number of nitrogens with two attached hydrogens (primary N) is 1. The van der Waals surface area contributed by atoms with Gasteiger partial charge in [-0.15, -0.1) is 0 Å².